The monoisotopic (exact) mass is 418 g/mol. The SMILES string of the molecule is COC(=O)c1c(CC(=O)Nc2cc3c(cc2SC)OCCO3)[nH]c(C(C)=O)c1C. The van der Waals surface area contributed by atoms with Crippen molar-refractivity contribution in [2.75, 3.05) is 31.9 Å². The number of H-pyrrole nitrogens is 1. The summed E-state index contributed by atoms with van der Waals surface area (Å²) in [6.07, 6.45) is 1.77. The second kappa shape index (κ2) is 8.60. The Morgan fingerprint density at radius 2 is 1.86 bits per heavy atom. The van der Waals surface area contributed by atoms with Gasteiger partial charge in [-0.3, -0.25) is 9.59 Å². The number of hydrogen-bond acceptors (Lipinski definition) is 7. The molecule has 2 aromatic rings. The maximum Gasteiger partial charge on any atom is 0.339 e. The van der Waals surface area contributed by atoms with Crippen LogP contribution in [0.15, 0.2) is 17.0 Å². The predicted molar refractivity (Wildman–Crippen MR) is 108 cm³/mol. The van der Waals surface area contributed by atoms with Gasteiger partial charge in [0.2, 0.25) is 5.91 Å². The van der Waals surface area contributed by atoms with Crippen molar-refractivity contribution in [2.24, 2.45) is 0 Å². The maximum absolute atomic E-state index is 12.7. The van der Waals surface area contributed by atoms with E-state index in [0.717, 1.165) is 4.90 Å². The molecule has 8 nitrogen and oxygen atoms in total. The molecule has 2 heterocycles. The summed E-state index contributed by atoms with van der Waals surface area (Å²) in [6, 6.07) is 3.54. The molecule has 9 heteroatoms. The summed E-state index contributed by atoms with van der Waals surface area (Å²) in [7, 11) is 1.26. The van der Waals surface area contributed by atoms with Gasteiger partial charge in [0.25, 0.3) is 0 Å². The summed E-state index contributed by atoms with van der Waals surface area (Å²) in [5.74, 6) is 0.0272. The fraction of sp³-hybridized carbons (Fsp3) is 0.350. The average Bonchev–Trinajstić information content (AvgIpc) is 3.02. The number of Topliss-reactive ketones (excluding diaryl/α,β-unsaturated/α-hetero) is 1. The van der Waals surface area contributed by atoms with Gasteiger partial charge in [-0.2, -0.15) is 0 Å². The van der Waals surface area contributed by atoms with Crippen molar-refractivity contribution in [3.05, 3.63) is 34.6 Å². The predicted octanol–water partition coefficient (Wildman–Crippen LogP) is 2.99. The molecule has 1 aliphatic rings. The second-order valence-corrected chi connectivity index (χ2v) is 7.30. The first kappa shape index (κ1) is 20.8. The summed E-state index contributed by atoms with van der Waals surface area (Å²) >= 11 is 1.46. The molecule has 1 aliphatic heterocycles. The summed E-state index contributed by atoms with van der Waals surface area (Å²) in [5.41, 5.74) is 1.88. The number of anilines is 1. The van der Waals surface area contributed by atoms with Crippen molar-refractivity contribution in [3.63, 3.8) is 0 Å². The zero-order chi connectivity index (χ0) is 21.1. The molecule has 0 radical (unpaired) electrons. The van der Waals surface area contributed by atoms with Crippen LogP contribution in [0.5, 0.6) is 11.5 Å². The average molecular weight is 418 g/mol. The molecule has 0 saturated carbocycles. The quantitative estimate of drug-likeness (QED) is 0.422. The van der Waals surface area contributed by atoms with Crippen molar-refractivity contribution < 1.29 is 28.6 Å². The van der Waals surface area contributed by atoms with Crippen LogP contribution in [0.3, 0.4) is 0 Å². The highest BCUT2D eigenvalue weighted by Crippen LogP contribution is 2.39. The molecule has 0 saturated heterocycles. The van der Waals surface area contributed by atoms with E-state index < -0.39 is 5.97 Å². The minimum Gasteiger partial charge on any atom is -0.486 e. The van der Waals surface area contributed by atoms with Gasteiger partial charge in [0.15, 0.2) is 17.3 Å². The van der Waals surface area contributed by atoms with E-state index in [1.165, 1.54) is 25.8 Å². The molecule has 29 heavy (non-hydrogen) atoms. The van der Waals surface area contributed by atoms with Gasteiger partial charge in [-0.1, -0.05) is 0 Å². The third-order valence-corrected chi connectivity index (χ3v) is 5.32. The number of rotatable bonds is 6. The van der Waals surface area contributed by atoms with Crippen LogP contribution in [-0.2, 0) is 16.0 Å². The minimum absolute atomic E-state index is 0.124. The zero-order valence-corrected chi connectivity index (χ0v) is 17.5. The van der Waals surface area contributed by atoms with E-state index in [-0.39, 0.29) is 29.4 Å². The second-order valence-electron chi connectivity index (χ2n) is 6.45. The van der Waals surface area contributed by atoms with Crippen molar-refractivity contribution in [1.29, 1.82) is 0 Å². The molecule has 0 spiro atoms. The fourth-order valence-corrected chi connectivity index (χ4v) is 3.77. The molecule has 0 atom stereocenters. The van der Waals surface area contributed by atoms with Crippen LogP contribution in [0, 0.1) is 6.92 Å². The highest BCUT2D eigenvalue weighted by molar-refractivity contribution is 7.98. The van der Waals surface area contributed by atoms with E-state index in [9.17, 15) is 14.4 Å². The molecule has 0 unspecified atom stereocenters. The normalized spacial score (nSPS) is 12.4. The molecule has 154 valence electrons. The largest absolute Gasteiger partial charge is 0.486 e. The lowest BCUT2D eigenvalue weighted by atomic mass is 10.1. The number of amides is 1. The number of methoxy groups -OCH3 is 1. The first-order valence-electron chi connectivity index (χ1n) is 8.93. The van der Waals surface area contributed by atoms with Crippen LogP contribution >= 0.6 is 11.8 Å². The Morgan fingerprint density at radius 3 is 2.45 bits per heavy atom. The number of ether oxygens (including phenoxy) is 3. The molecular weight excluding hydrogens is 396 g/mol. The Balaban J connectivity index is 1.87. The maximum atomic E-state index is 12.7. The van der Waals surface area contributed by atoms with Crippen molar-refractivity contribution in [3.8, 4) is 11.5 Å². The summed E-state index contributed by atoms with van der Waals surface area (Å²) in [6.45, 7) is 3.96. The van der Waals surface area contributed by atoms with Crippen LogP contribution in [-0.4, -0.2) is 49.2 Å². The standard InChI is InChI=1S/C20H22N2O6S/c1-10-18(20(25)26-3)13(22-19(10)11(2)23)8-17(24)21-12-7-14-15(9-16(12)29-4)28-6-5-27-14/h7,9,22H,5-6,8H2,1-4H3,(H,21,24). The topological polar surface area (TPSA) is 107 Å². The van der Waals surface area contributed by atoms with Crippen LogP contribution in [0.4, 0.5) is 5.69 Å². The Labute approximate surface area is 172 Å². The highest BCUT2D eigenvalue weighted by atomic mass is 32.2. The lowest BCUT2D eigenvalue weighted by molar-refractivity contribution is -0.115. The van der Waals surface area contributed by atoms with Gasteiger partial charge < -0.3 is 24.5 Å². The third-order valence-electron chi connectivity index (χ3n) is 4.54. The van der Waals surface area contributed by atoms with Gasteiger partial charge in [0.05, 0.1) is 30.5 Å². The van der Waals surface area contributed by atoms with Gasteiger partial charge in [0.1, 0.15) is 13.2 Å². The molecule has 1 aromatic heterocycles. The fourth-order valence-electron chi connectivity index (χ4n) is 3.21. The number of thioether (sulfide) groups is 1. The van der Waals surface area contributed by atoms with Crippen molar-refractivity contribution in [2.45, 2.75) is 25.2 Å². The molecule has 0 bridgehead atoms. The Morgan fingerprint density at radius 1 is 1.21 bits per heavy atom. The lowest BCUT2D eigenvalue weighted by Gasteiger charge is -2.21. The molecule has 0 fully saturated rings. The van der Waals surface area contributed by atoms with Gasteiger partial charge in [-0.25, -0.2) is 4.79 Å². The number of fused-ring (bicyclic) bond motifs is 1. The van der Waals surface area contributed by atoms with Crippen molar-refractivity contribution >= 4 is 35.1 Å². The number of carbonyl (C=O) groups is 3. The van der Waals surface area contributed by atoms with Crippen LogP contribution < -0.4 is 14.8 Å². The molecule has 1 amide bonds. The Hall–Kier alpha value is -2.94. The lowest BCUT2D eigenvalue weighted by Crippen LogP contribution is -2.19. The van der Waals surface area contributed by atoms with Crippen LogP contribution in [0.25, 0.3) is 0 Å². The first-order chi connectivity index (χ1) is 13.8. The van der Waals surface area contributed by atoms with E-state index in [2.05, 4.69) is 10.3 Å². The smallest absolute Gasteiger partial charge is 0.339 e. The van der Waals surface area contributed by atoms with E-state index in [1.807, 2.05) is 12.3 Å². The number of ketones is 1. The number of carbonyl (C=O) groups excluding carboxylic acids is 3. The number of aromatic amines is 1. The molecule has 0 aliphatic carbocycles. The van der Waals surface area contributed by atoms with Gasteiger partial charge >= 0.3 is 5.97 Å². The molecular formula is C20H22N2O6S. The summed E-state index contributed by atoms with van der Waals surface area (Å²) in [5, 5.41) is 2.85. The third kappa shape index (κ3) is 4.24. The number of nitrogens with one attached hydrogen (secondary N) is 2. The zero-order valence-electron chi connectivity index (χ0n) is 16.6. The molecule has 1 aromatic carbocycles. The number of esters is 1. The summed E-state index contributed by atoms with van der Waals surface area (Å²) in [4.78, 5) is 40.4. The van der Waals surface area contributed by atoms with E-state index >= 15 is 0 Å². The Bertz CT molecular complexity index is 982. The van der Waals surface area contributed by atoms with Crippen LogP contribution in [0.1, 0.15) is 39.0 Å². The molecule has 3 rings (SSSR count). The van der Waals surface area contributed by atoms with Gasteiger partial charge in [-0.15, -0.1) is 11.8 Å². The number of benzene rings is 1. The van der Waals surface area contributed by atoms with E-state index in [0.29, 0.717) is 41.7 Å². The van der Waals surface area contributed by atoms with E-state index in [4.69, 9.17) is 14.2 Å². The van der Waals surface area contributed by atoms with Gasteiger partial charge in [0, 0.05) is 23.6 Å². The van der Waals surface area contributed by atoms with Crippen molar-refractivity contribution in [1.82, 2.24) is 4.98 Å². The number of aromatic nitrogens is 1. The first-order valence-corrected chi connectivity index (χ1v) is 10.2. The van der Waals surface area contributed by atoms with Gasteiger partial charge in [-0.05, 0) is 24.8 Å². The highest BCUT2D eigenvalue weighted by Gasteiger charge is 2.25. The Kier molecular flexibility index (Phi) is 6.17. The molecule has 2 N–H and O–H groups in total. The van der Waals surface area contributed by atoms with Crippen LogP contribution in [0.2, 0.25) is 0 Å². The summed E-state index contributed by atoms with van der Waals surface area (Å²) < 4.78 is 16.0. The number of hydrogen-bond donors (Lipinski definition) is 2. The van der Waals surface area contributed by atoms with E-state index in [1.54, 1.807) is 13.0 Å². The minimum atomic E-state index is -0.599.